The zero-order chi connectivity index (χ0) is 15.0. The van der Waals surface area contributed by atoms with Gasteiger partial charge in [-0.15, -0.1) is 0 Å². The largest absolute Gasteiger partial charge is 0.481 e. The standard InChI is InChI=1S/C15H26N2O3/c1-9-5-12(13(6-9)15(19)20)14(18)17-7-10(2)16(4)11(3)8-17/h9-13H,5-8H2,1-4H3,(H,19,20). The third-order valence-corrected chi connectivity index (χ3v) is 5.10. The Labute approximate surface area is 120 Å². The Bertz CT molecular complexity index is 387. The fraction of sp³-hybridized carbons (Fsp3) is 0.867. The van der Waals surface area contributed by atoms with E-state index >= 15 is 0 Å². The SMILES string of the molecule is CC1CC(C(=O)O)C(C(=O)N2CC(C)N(C)C(C)C2)C1. The summed E-state index contributed by atoms with van der Waals surface area (Å²) in [5.74, 6) is -1.27. The topological polar surface area (TPSA) is 60.9 Å². The molecule has 2 rings (SSSR count). The Morgan fingerprint density at radius 2 is 1.50 bits per heavy atom. The summed E-state index contributed by atoms with van der Waals surface area (Å²) in [6, 6.07) is 0.648. The number of aliphatic carboxylic acids is 1. The summed E-state index contributed by atoms with van der Waals surface area (Å²) in [5.41, 5.74) is 0. The number of piperazine rings is 1. The Balaban J connectivity index is 2.09. The van der Waals surface area contributed by atoms with Gasteiger partial charge in [-0.3, -0.25) is 14.5 Å². The number of rotatable bonds is 2. The van der Waals surface area contributed by atoms with Gasteiger partial charge < -0.3 is 10.0 Å². The molecule has 0 spiro atoms. The highest BCUT2D eigenvalue weighted by Crippen LogP contribution is 2.38. The van der Waals surface area contributed by atoms with Crippen LogP contribution < -0.4 is 0 Å². The van der Waals surface area contributed by atoms with Gasteiger partial charge in [-0.05, 0) is 39.7 Å². The minimum absolute atomic E-state index is 0.0496. The average molecular weight is 282 g/mol. The third kappa shape index (κ3) is 2.82. The molecule has 1 saturated carbocycles. The molecule has 0 aromatic carbocycles. The number of likely N-dealkylation sites (N-methyl/N-ethyl adjacent to an activating group) is 1. The molecule has 5 nitrogen and oxygen atoms in total. The molecule has 20 heavy (non-hydrogen) atoms. The van der Waals surface area contributed by atoms with E-state index in [2.05, 4.69) is 25.8 Å². The second kappa shape index (κ2) is 5.72. The van der Waals surface area contributed by atoms with E-state index < -0.39 is 11.9 Å². The molecule has 1 saturated heterocycles. The van der Waals surface area contributed by atoms with Gasteiger partial charge in [0.05, 0.1) is 11.8 Å². The van der Waals surface area contributed by atoms with E-state index in [1.807, 2.05) is 11.8 Å². The molecule has 2 fully saturated rings. The summed E-state index contributed by atoms with van der Waals surface area (Å²) in [7, 11) is 2.08. The van der Waals surface area contributed by atoms with Gasteiger partial charge in [0.1, 0.15) is 0 Å². The zero-order valence-electron chi connectivity index (χ0n) is 12.9. The molecule has 5 atom stereocenters. The molecule has 0 aromatic rings. The van der Waals surface area contributed by atoms with Crippen molar-refractivity contribution in [1.29, 1.82) is 0 Å². The summed E-state index contributed by atoms with van der Waals surface area (Å²) in [4.78, 5) is 28.2. The monoisotopic (exact) mass is 282 g/mol. The first-order valence-corrected chi connectivity index (χ1v) is 7.54. The number of carbonyl (C=O) groups is 2. The van der Waals surface area contributed by atoms with E-state index in [-0.39, 0.29) is 11.8 Å². The summed E-state index contributed by atoms with van der Waals surface area (Å²) in [6.45, 7) is 7.68. The zero-order valence-corrected chi connectivity index (χ0v) is 12.9. The van der Waals surface area contributed by atoms with Crippen molar-refractivity contribution < 1.29 is 14.7 Å². The van der Waals surface area contributed by atoms with Crippen molar-refractivity contribution in [3.05, 3.63) is 0 Å². The van der Waals surface area contributed by atoms with Crippen molar-refractivity contribution >= 4 is 11.9 Å². The molecule has 0 aromatic heterocycles. The highest BCUT2D eigenvalue weighted by atomic mass is 16.4. The number of hydrogen-bond donors (Lipinski definition) is 1. The predicted octanol–water partition coefficient (Wildman–Crippen LogP) is 1.28. The van der Waals surface area contributed by atoms with Crippen LogP contribution in [0.1, 0.15) is 33.6 Å². The van der Waals surface area contributed by atoms with Crippen molar-refractivity contribution in [3.8, 4) is 0 Å². The quantitative estimate of drug-likeness (QED) is 0.829. The van der Waals surface area contributed by atoms with Gasteiger partial charge in [0.2, 0.25) is 5.91 Å². The lowest BCUT2D eigenvalue weighted by molar-refractivity contribution is -0.150. The minimum atomic E-state index is -0.817. The molecule has 114 valence electrons. The Morgan fingerprint density at radius 3 is 2.00 bits per heavy atom. The summed E-state index contributed by atoms with van der Waals surface area (Å²) < 4.78 is 0. The van der Waals surface area contributed by atoms with Gasteiger partial charge in [0.15, 0.2) is 0 Å². The number of amides is 1. The van der Waals surface area contributed by atoms with Gasteiger partial charge in [0, 0.05) is 25.2 Å². The minimum Gasteiger partial charge on any atom is -0.481 e. The number of carboxylic acid groups (broad SMARTS) is 1. The average Bonchev–Trinajstić information content (AvgIpc) is 2.76. The Hall–Kier alpha value is -1.10. The highest BCUT2D eigenvalue weighted by Gasteiger charge is 2.44. The first kappa shape index (κ1) is 15.3. The van der Waals surface area contributed by atoms with E-state index in [0.29, 0.717) is 43.9 Å². The molecule has 5 unspecified atom stereocenters. The van der Waals surface area contributed by atoms with Gasteiger partial charge in [-0.25, -0.2) is 0 Å². The van der Waals surface area contributed by atoms with Crippen LogP contribution in [-0.4, -0.2) is 59.0 Å². The van der Waals surface area contributed by atoms with Gasteiger partial charge in [0.25, 0.3) is 0 Å². The van der Waals surface area contributed by atoms with Crippen LogP contribution in [0.25, 0.3) is 0 Å². The summed E-state index contributed by atoms with van der Waals surface area (Å²) >= 11 is 0. The molecule has 5 heteroatoms. The molecule has 1 amide bonds. The lowest BCUT2D eigenvalue weighted by Crippen LogP contribution is -2.57. The van der Waals surface area contributed by atoms with E-state index in [1.165, 1.54) is 0 Å². The maximum atomic E-state index is 12.7. The first-order valence-electron chi connectivity index (χ1n) is 7.54. The van der Waals surface area contributed by atoms with Gasteiger partial charge in [-0.1, -0.05) is 6.92 Å². The number of carbonyl (C=O) groups excluding carboxylic acids is 1. The van der Waals surface area contributed by atoms with Crippen molar-refractivity contribution in [1.82, 2.24) is 9.80 Å². The molecular weight excluding hydrogens is 256 g/mol. The number of nitrogens with zero attached hydrogens (tertiary/aromatic N) is 2. The maximum absolute atomic E-state index is 12.7. The third-order valence-electron chi connectivity index (χ3n) is 5.10. The van der Waals surface area contributed by atoms with Crippen LogP contribution >= 0.6 is 0 Å². The second-order valence-corrected chi connectivity index (χ2v) is 6.73. The number of carboxylic acids is 1. The molecule has 2 aliphatic rings. The second-order valence-electron chi connectivity index (χ2n) is 6.73. The highest BCUT2D eigenvalue weighted by molar-refractivity contribution is 5.85. The number of hydrogen-bond acceptors (Lipinski definition) is 3. The van der Waals surface area contributed by atoms with Crippen LogP contribution in [0.5, 0.6) is 0 Å². The predicted molar refractivity (Wildman–Crippen MR) is 76.3 cm³/mol. The van der Waals surface area contributed by atoms with Crippen molar-refractivity contribution in [3.63, 3.8) is 0 Å². The van der Waals surface area contributed by atoms with Crippen molar-refractivity contribution in [2.24, 2.45) is 17.8 Å². The summed E-state index contributed by atoms with van der Waals surface area (Å²) in [5, 5.41) is 9.32. The van der Waals surface area contributed by atoms with Crippen LogP contribution in [0, 0.1) is 17.8 Å². The Morgan fingerprint density at radius 1 is 1.00 bits per heavy atom. The molecule has 1 heterocycles. The molecule has 1 N–H and O–H groups in total. The van der Waals surface area contributed by atoms with Crippen LogP contribution in [-0.2, 0) is 9.59 Å². The van der Waals surface area contributed by atoms with Crippen LogP contribution in [0.4, 0.5) is 0 Å². The normalized spacial score (nSPS) is 39.0. The van der Waals surface area contributed by atoms with Crippen molar-refractivity contribution in [2.75, 3.05) is 20.1 Å². The fourth-order valence-corrected chi connectivity index (χ4v) is 3.66. The fourth-order valence-electron chi connectivity index (χ4n) is 3.66. The van der Waals surface area contributed by atoms with E-state index in [9.17, 15) is 14.7 Å². The smallest absolute Gasteiger partial charge is 0.307 e. The molecule has 1 aliphatic heterocycles. The summed E-state index contributed by atoms with van der Waals surface area (Å²) in [6.07, 6.45) is 1.34. The van der Waals surface area contributed by atoms with E-state index in [1.54, 1.807) is 0 Å². The maximum Gasteiger partial charge on any atom is 0.307 e. The molecule has 0 bridgehead atoms. The van der Waals surface area contributed by atoms with Gasteiger partial charge in [-0.2, -0.15) is 0 Å². The van der Waals surface area contributed by atoms with Crippen LogP contribution in [0.3, 0.4) is 0 Å². The van der Waals surface area contributed by atoms with Crippen LogP contribution in [0.2, 0.25) is 0 Å². The first-order chi connectivity index (χ1) is 9.31. The van der Waals surface area contributed by atoms with Crippen molar-refractivity contribution in [2.45, 2.75) is 45.7 Å². The molecule has 0 radical (unpaired) electrons. The van der Waals surface area contributed by atoms with E-state index in [0.717, 1.165) is 0 Å². The lowest BCUT2D eigenvalue weighted by Gasteiger charge is -2.43. The van der Waals surface area contributed by atoms with E-state index in [4.69, 9.17) is 0 Å². The van der Waals surface area contributed by atoms with Gasteiger partial charge >= 0.3 is 5.97 Å². The lowest BCUT2D eigenvalue weighted by atomic mass is 9.93. The molecule has 1 aliphatic carbocycles. The Kier molecular flexibility index (Phi) is 4.37. The van der Waals surface area contributed by atoms with Crippen LogP contribution in [0.15, 0.2) is 0 Å². The molecular formula is C15H26N2O3.